The van der Waals surface area contributed by atoms with Crippen LogP contribution in [0, 0.1) is 0 Å². The Bertz CT molecular complexity index is 740. The van der Waals surface area contributed by atoms with Gasteiger partial charge in [-0.05, 0) is 18.6 Å². The van der Waals surface area contributed by atoms with Crippen molar-refractivity contribution < 1.29 is 18.0 Å². The van der Waals surface area contributed by atoms with E-state index >= 15 is 0 Å². The highest BCUT2D eigenvalue weighted by molar-refractivity contribution is 7.89. The Morgan fingerprint density at radius 3 is 2.23 bits per heavy atom. The van der Waals surface area contributed by atoms with E-state index in [0.29, 0.717) is 24.2 Å². The minimum absolute atomic E-state index is 0.102. The lowest BCUT2D eigenvalue weighted by Gasteiger charge is -2.27. The van der Waals surface area contributed by atoms with Crippen LogP contribution in [0.1, 0.15) is 27.1 Å². The van der Waals surface area contributed by atoms with E-state index in [2.05, 4.69) is 14.9 Å². The molecular formula is C17H24N4O4S. The van der Waals surface area contributed by atoms with Crippen molar-refractivity contribution in [3.8, 4) is 0 Å². The maximum Gasteiger partial charge on any atom is 0.261 e. The minimum atomic E-state index is -3.42. The average Bonchev–Trinajstić information content (AvgIpc) is 2.88. The Kier molecular flexibility index (Phi) is 6.02. The fourth-order valence-corrected chi connectivity index (χ4v) is 4.28. The van der Waals surface area contributed by atoms with Gasteiger partial charge in [0.05, 0.1) is 16.9 Å². The number of hydrogen-bond acceptors (Lipinski definition) is 6. The third-order valence-electron chi connectivity index (χ3n) is 4.63. The number of nitrogens with one attached hydrogen (secondary N) is 2. The van der Waals surface area contributed by atoms with E-state index in [1.54, 1.807) is 24.3 Å². The molecule has 0 radical (unpaired) electrons. The SMILES string of the molecule is O=C1c2ccccc2C(=O)N1CCCS(=O)(=O)NCCN1CCNCC1. The number of rotatable bonds is 8. The number of amides is 2. The van der Waals surface area contributed by atoms with Gasteiger partial charge in [0.25, 0.3) is 11.8 Å². The summed E-state index contributed by atoms with van der Waals surface area (Å²) in [6.45, 7) is 4.84. The molecule has 1 aromatic carbocycles. The van der Waals surface area contributed by atoms with Crippen LogP contribution in [0.5, 0.6) is 0 Å². The third-order valence-corrected chi connectivity index (χ3v) is 6.10. The van der Waals surface area contributed by atoms with Gasteiger partial charge >= 0.3 is 0 Å². The minimum Gasteiger partial charge on any atom is -0.314 e. The van der Waals surface area contributed by atoms with Gasteiger partial charge in [0.2, 0.25) is 10.0 Å². The van der Waals surface area contributed by atoms with E-state index in [-0.39, 0.29) is 30.5 Å². The molecule has 0 saturated carbocycles. The molecule has 1 aromatic rings. The summed E-state index contributed by atoms with van der Waals surface area (Å²) in [5.74, 6) is -0.813. The molecule has 2 aliphatic heterocycles. The normalized spacial score (nSPS) is 18.4. The van der Waals surface area contributed by atoms with Gasteiger partial charge in [0, 0.05) is 45.8 Å². The number of nitrogens with zero attached hydrogens (tertiary/aromatic N) is 2. The molecule has 0 spiro atoms. The van der Waals surface area contributed by atoms with Crippen molar-refractivity contribution in [1.82, 2.24) is 19.8 Å². The highest BCUT2D eigenvalue weighted by Crippen LogP contribution is 2.22. The summed E-state index contributed by atoms with van der Waals surface area (Å²) in [6, 6.07) is 6.65. The average molecular weight is 380 g/mol. The van der Waals surface area contributed by atoms with Crippen molar-refractivity contribution in [2.75, 3.05) is 51.6 Å². The van der Waals surface area contributed by atoms with Gasteiger partial charge in [-0.3, -0.25) is 19.4 Å². The van der Waals surface area contributed by atoms with Gasteiger partial charge in [-0.2, -0.15) is 0 Å². The van der Waals surface area contributed by atoms with Crippen molar-refractivity contribution >= 4 is 21.8 Å². The third kappa shape index (κ3) is 4.47. The monoisotopic (exact) mass is 380 g/mol. The van der Waals surface area contributed by atoms with E-state index in [4.69, 9.17) is 0 Å². The molecule has 26 heavy (non-hydrogen) atoms. The highest BCUT2D eigenvalue weighted by Gasteiger charge is 2.34. The van der Waals surface area contributed by atoms with E-state index in [1.807, 2.05) is 0 Å². The molecule has 8 nitrogen and oxygen atoms in total. The Hall–Kier alpha value is -1.81. The molecule has 0 aliphatic carbocycles. The second-order valence-corrected chi connectivity index (χ2v) is 8.39. The zero-order valence-corrected chi connectivity index (χ0v) is 15.4. The van der Waals surface area contributed by atoms with Gasteiger partial charge in [0.1, 0.15) is 0 Å². The molecule has 1 saturated heterocycles. The van der Waals surface area contributed by atoms with E-state index in [0.717, 1.165) is 31.1 Å². The molecule has 2 aliphatic rings. The first-order valence-corrected chi connectivity index (χ1v) is 10.5. The second-order valence-electron chi connectivity index (χ2n) is 6.47. The largest absolute Gasteiger partial charge is 0.314 e. The Morgan fingerprint density at radius 1 is 1.00 bits per heavy atom. The van der Waals surface area contributed by atoms with Crippen molar-refractivity contribution in [2.24, 2.45) is 0 Å². The summed E-state index contributed by atoms with van der Waals surface area (Å²) in [5.41, 5.74) is 0.768. The predicted molar refractivity (Wildman–Crippen MR) is 97.5 cm³/mol. The topological polar surface area (TPSA) is 98.8 Å². The zero-order chi connectivity index (χ0) is 18.6. The summed E-state index contributed by atoms with van der Waals surface area (Å²) >= 11 is 0. The Balaban J connectivity index is 1.42. The van der Waals surface area contributed by atoms with Gasteiger partial charge in [-0.15, -0.1) is 0 Å². The van der Waals surface area contributed by atoms with Gasteiger partial charge < -0.3 is 5.32 Å². The summed E-state index contributed by atoms with van der Waals surface area (Å²) < 4.78 is 26.8. The van der Waals surface area contributed by atoms with Crippen LogP contribution >= 0.6 is 0 Å². The Morgan fingerprint density at radius 2 is 1.62 bits per heavy atom. The molecule has 3 rings (SSSR count). The number of hydrogen-bond donors (Lipinski definition) is 2. The van der Waals surface area contributed by atoms with Gasteiger partial charge in [-0.1, -0.05) is 12.1 Å². The van der Waals surface area contributed by atoms with Crippen LogP contribution in [0.15, 0.2) is 24.3 Å². The van der Waals surface area contributed by atoms with Crippen LogP contribution in [0.2, 0.25) is 0 Å². The Labute approximate surface area is 153 Å². The lowest BCUT2D eigenvalue weighted by atomic mass is 10.1. The van der Waals surface area contributed by atoms with Gasteiger partial charge in [-0.25, -0.2) is 13.1 Å². The van der Waals surface area contributed by atoms with E-state index in [1.165, 1.54) is 0 Å². The van der Waals surface area contributed by atoms with Crippen molar-refractivity contribution in [1.29, 1.82) is 0 Å². The van der Waals surface area contributed by atoms with E-state index < -0.39 is 10.0 Å². The second kappa shape index (κ2) is 8.26. The number of carbonyl (C=O) groups is 2. The van der Waals surface area contributed by atoms with Crippen molar-refractivity contribution in [3.05, 3.63) is 35.4 Å². The van der Waals surface area contributed by atoms with Gasteiger partial charge in [0.15, 0.2) is 0 Å². The molecular weight excluding hydrogens is 356 g/mol. The molecule has 0 bridgehead atoms. The molecule has 142 valence electrons. The molecule has 0 unspecified atom stereocenters. The van der Waals surface area contributed by atoms with Crippen molar-refractivity contribution in [2.45, 2.75) is 6.42 Å². The standard InChI is InChI=1S/C17H24N4O4S/c22-16-14-4-1-2-5-15(14)17(23)21(16)9-3-13-26(24,25)19-8-12-20-10-6-18-7-11-20/h1-2,4-5,18-19H,3,6-13H2. The molecule has 2 amide bonds. The molecule has 1 fully saturated rings. The lowest BCUT2D eigenvalue weighted by Crippen LogP contribution is -2.46. The summed E-state index contributed by atoms with van der Waals surface area (Å²) in [4.78, 5) is 27.8. The number of carbonyl (C=O) groups excluding carboxylic acids is 2. The number of sulfonamides is 1. The predicted octanol–water partition coefficient (Wildman–Crippen LogP) is -0.503. The number of imide groups is 1. The van der Waals surface area contributed by atoms with Crippen LogP contribution in [-0.2, 0) is 10.0 Å². The molecule has 2 heterocycles. The number of fused-ring (bicyclic) bond motifs is 1. The van der Waals surface area contributed by atoms with Crippen LogP contribution < -0.4 is 10.0 Å². The lowest BCUT2D eigenvalue weighted by molar-refractivity contribution is 0.0654. The van der Waals surface area contributed by atoms with Crippen LogP contribution in [0.25, 0.3) is 0 Å². The molecule has 9 heteroatoms. The molecule has 2 N–H and O–H groups in total. The van der Waals surface area contributed by atoms with E-state index in [9.17, 15) is 18.0 Å². The van der Waals surface area contributed by atoms with Crippen LogP contribution in [-0.4, -0.2) is 81.6 Å². The first-order chi connectivity index (χ1) is 12.5. The fraction of sp³-hybridized carbons (Fsp3) is 0.529. The first kappa shape index (κ1) is 19.0. The first-order valence-electron chi connectivity index (χ1n) is 8.83. The van der Waals surface area contributed by atoms with Crippen molar-refractivity contribution in [3.63, 3.8) is 0 Å². The molecule has 0 atom stereocenters. The maximum absolute atomic E-state index is 12.2. The maximum atomic E-state index is 12.2. The summed E-state index contributed by atoms with van der Waals surface area (Å²) in [6.07, 6.45) is 0.217. The van der Waals surface area contributed by atoms with Crippen LogP contribution in [0.4, 0.5) is 0 Å². The zero-order valence-electron chi connectivity index (χ0n) is 14.6. The summed E-state index contributed by atoms with van der Waals surface area (Å²) in [7, 11) is -3.42. The highest BCUT2D eigenvalue weighted by atomic mass is 32.2. The molecule has 0 aromatic heterocycles. The number of piperazine rings is 1. The quantitative estimate of drug-likeness (QED) is 0.590. The smallest absolute Gasteiger partial charge is 0.261 e. The van der Waals surface area contributed by atoms with Crippen LogP contribution in [0.3, 0.4) is 0 Å². The number of benzene rings is 1. The summed E-state index contributed by atoms with van der Waals surface area (Å²) in [5, 5.41) is 3.25. The fourth-order valence-electron chi connectivity index (χ4n) is 3.22.